The SMILES string of the molecule is C=C1C[C@@]2(C(C)(O)O)N(CCC23CC3)C1C.CC. The van der Waals surface area contributed by atoms with Crippen molar-refractivity contribution in [1.82, 2.24) is 4.90 Å². The molecule has 3 rings (SSSR count). The molecular formula is C15H27NO2. The average molecular weight is 253 g/mol. The van der Waals surface area contributed by atoms with Crippen LogP contribution in [0.5, 0.6) is 0 Å². The standard InChI is InChI=1S/C13H21NO2.C2H6/c1-9-8-13(11(3,15)16)12(4-5-12)6-7-14(13)10(9)2;1-2/h10,15-16H,1,4-8H2,2-3H3;1-2H3/t10?,13-;/m0./s1. The maximum absolute atomic E-state index is 10.3. The maximum Gasteiger partial charge on any atom is 0.179 e. The highest BCUT2D eigenvalue weighted by Crippen LogP contribution is 2.69. The lowest BCUT2D eigenvalue weighted by Crippen LogP contribution is -2.62. The Morgan fingerprint density at radius 2 is 1.83 bits per heavy atom. The molecule has 3 fully saturated rings. The average Bonchev–Trinajstić information content (AvgIpc) is 2.94. The van der Waals surface area contributed by atoms with Gasteiger partial charge in [-0.2, -0.15) is 0 Å². The van der Waals surface area contributed by atoms with Gasteiger partial charge in [-0.15, -0.1) is 0 Å². The molecule has 1 spiro atoms. The first-order valence-corrected chi connectivity index (χ1v) is 7.23. The molecular weight excluding hydrogens is 226 g/mol. The number of fused-ring (bicyclic) bond motifs is 2. The van der Waals surface area contributed by atoms with Crippen LogP contribution in [0.1, 0.15) is 53.4 Å². The fourth-order valence-corrected chi connectivity index (χ4v) is 4.30. The van der Waals surface area contributed by atoms with Gasteiger partial charge in [0.05, 0.1) is 5.54 Å². The molecule has 1 aliphatic carbocycles. The van der Waals surface area contributed by atoms with Crippen molar-refractivity contribution < 1.29 is 10.2 Å². The fraction of sp³-hybridized carbons (Fsp3) is 0.867. The lowest BCUT2D eigenvalue weighted by Gasteiger charge is -2.46. The Morgan fingerprint density at radius 3 is 2.28 bits per heavy atom. The monoisotopic (exact) mass is 253 g/mol. The first kappa shape index (κ1) is 14.0. The molecule has 3 nitrogen and oxygen atoms in total. The van der Waals surface area contributed by atoms with Crippen LogP contribution in [-0.2, 0) is 0 Å². The van der Waals surface area contributed by atoms with Crippen LogP contribution < -0.4 is 0 Å². The Labute approximate surface area is 110 Å². The molecule has 3 aliphatic rings. The van der Waals surface area contributed by atoms with Crippen LogP contribution >= 0.6 is 0 Å². The highest BCUT2D eigenvalue weighted by molar-refractivity contribution is 5.33. The van der Waals surface area contributed by atoms with Crippen LogP contribution in [0.15, 0.2) is 12.2 Å². The van der Waals surface area contributed by atoms with Crippen molar-refractivity contribution in [2.45, 2.75) is 70.7 Å². The van der Waals surface area contributed by atoms with Gasteiger partial charge in [0.15, 0.2) is 5.79 Å². The summed E-state index contributed by atoms with van der Waals surface area (Å²) in [5.41, 5.74) is 0.843. The fourth-order valence-electron chi connectivity index (χ4n) is 4.30. The van der Waals surface area contributed by atoms with Crippen molar-refractivity contribution >= 4 is 0 Å². The molecule has 2 aliphatic heterocycles. The number of rotatable bonds is 1. The van der Waals surface area contributed by atoms with Crippen LogP contribution in [0.4, 0.5) is 0 Å². The minimum Gasteiger partial charge on any atom is -0.364 e. The van der Waals surface area contributed by atoms with Gasteiger partial charge in [-0.3, -0.25) is 4.90 Å². The largest absolute Gasteiger partial charge is 0.364 e. The zero-order chi connectivity index (χ0) is 13.8. The summed E-state index contributed by atoms with van der Waals surface area (Å²) < 4.78 is 0. The second kappa shape index (κ2) is 4.06. The highest BCUT2D eigenvalue weighted by atomic mass is 16.5. The van der Waals surface area contributed by atoms with E-state index in [1.807, 2.05) is 13.8 Å². The third-order valence-electron chi connectivity index (χ3n) is 5.38. The summed E-state index contributed by atoms with van der Waals surface area (Å²) in [7, 11) is 0. The molecule has 0 aromatic rings. The van der Waals surface area contributed by atoms with Crippen LogP contribution in [-0.4, -0.2) is 39.0 Å². The molecule has 0 amide bonds. The molecule has 18 heavy (non-hydrogen) atoms. The van der Waals surface area contributed by atoms with Crippen molar-refractivity contribution in [2.75, 3.05) is 6.54 Å². The number of aliphatic hydroxyl groups is 2. The predicted molar refractivity (Wildman–Crippen MR) is 73.1 cm³/mol. The minimum atomic E-state index is -1.62. The van der Waals surface area contributed by atoms with Gasteiger partial charge >= 0.3 is 0 Å². The van der Waals surface area contributed by atoms with Gasteiger partial charge < -0.3 is 10.2 Å². The number of hydrogen-bond acceptors (Lipinski definition) is 3. The van der Waals surface area contributed by atoms with Crippen molar-refractivity contribution in [3.63, 3.8) is 0 Å². The third kappa shape index (κ3) is 1.47. The highest BCUT2D eigenvalue weighted by Gasteiger charge is 2.74. The smallest absolute Gasteiger partial charge is 0.179 e. The maximum atomic E-state index is 10.3. The molecule has 0 aromatic carbocycles. The summed E-state index contributed by atoms with van der Waals surface area (Å²) in [6.45, 7) is 12.8. The van der Waals surface area contributed by atoms with Crippen molar-refractivity contribution in [2.24, 2.45) is 5.41 Å². The molecule has 3 heteroatoms. The van der Waals surface area contributed by atoms with E-state index in [4.69, 9.17) is 0 Å². The van der Waals surface area contributed by atoms with Gasteiger partial charge in [-0.25, -0.2) is 0 Å². The third-order valence-corrected chi connectivity index (χ3v) is 5.38. The quantitative estimate of drug-likeness (QED) is 0.556. The summed E-state index contributed by atoms with van der Waals surface area (Å²) in [5, 5.41) is 20.5. The van der Waals surface area contributed by atoms with E-state index in [9.17, 15) is 10.2 Å². The molecule has 0 aromatic heterocycles. The predicted octanol–water partition coefficient (Wildman–Crippen LogP) is 2.29. The lowest BCUT2D eigenvalue weighted by molar-refractivity contribution is -0.239. The Hall–Kier alpha value is -0.380. The van der Waals surface area contributed by atoms with Crippen LogP contribution in [0.2, 0.25) is 0 Å². The van der Waals surface area contributed by atoms with Crippen molar-refractivity contribution in [1.29, 1.82) is 0 Å². The molecule has 0 radical (unpaired) electrons. The molecule has 2 N–H and O–H groups in total. The topological polar surface area (TPSA) is 43.7 Å². The van der Waals surface area contributed by atoms with Gasteiger partial charge in [-0.1, -0.05) is 26.0 Å². The van der Waals surface area contributed by atoms with Crippen LogP contribution in [0.25, 0.3) is 0 Å². The summed E-state index contributed by atoms with van der Waals surface area (Å²) in [6.07, 6.45) is 4.14. The minimum absolute atomic E-state index is 0.152. The number of hydrogen-bond donors (Lipinski definition) is 2. The van der Waals surface area contributed by atoms with Gasteiger partial charge in [0.2, 0.25) is 0 Å². The first-order valence-electron chi connectivity index (χ1n) is 7.23. The van der Waals surface area contributed by atoms with E-state index in [0.717, 1.165) is 37.8 Å². The summed E-state index contributed by atoms with van der Waals surface area (Å²) >= 11 is 0. The van der Waals surface area contributed by atoms with Gasteiger partial charge in [-0.05, 0) is 44.9 Å². The van der Waals surface area contributed by atoms with E-state index >= 15 is 0 Å². The van der Waals surface area contributed by atoms with E-state index in [0.29, 0.717) is 6.04 Å². The Balaban J connectivity index is 0.000000574. The van der Waals surface area contributed by atoms with Crippen LogP contribution in [0.3, 0.4) is 0 Å². The second-order valence-corrected chi connectivity index (χ2v) is 6.12. The van der Waals surface area contributed by atoms with E-state index in [1.165, 1.54) is 0 Å². The molecule has 1 saturated carbocycles. The number of nitrogens with zero attached hydrogens (tertiary/aromatic N) is 1. The Kier molecular flexibility index (Phi) is 3.16. The summed E-state index contributed by atoms with van der Waals surface area (Å²) in [6, 6.07) is 0.290. The molecule has 2 atom stereocenters. The van der Waals surface area contributed by atoms with Gasteiger partial charge in [0.1, 0.15) is 0 Å². The molecule has 0 bridgehead atoms. The molecule has 1 unspecified atom stereocenters. The van der Waals surface area contributed by atoms with Crippen molar-refractivity contribution in [3.05, 3.63) is 12.2 Å². The first-order chi connectivity index (χ1) is 8.34. The summed E-state index contributed by atoms with van der Waals surface area (Å²) in [5.74, 6) is -1.62. The van der Waals surface area contributed by atoms with Gasteiger partial charge in [0, 0.05) is 12.6 Å². The zero-order valence-electron chi connectivity index (χ0n) is 12.2. The van der Waals surface area contributed by atoms with E-state index in [1.54, 1.807) is 6.92 Å². The van der Waals surface area contributed by atoms with E-state index in [-0.39, 0.29) is 5.41 Å². The van der Waals surface area contributed by atoms with E-state index < -0.39 is 11.3 Å². The lowest BCUT2D eigenvalue weighted by atomic mass is 9.73. The van der Waals surface area contributed by atoms with Crippen LogP contribution in [0, 0.1) is 5.41 Å². The summed E-state index contributed by atoms with van der Waals surface area (Å²) in [4.78, 5) is 2.29. The molecule has 2 saturated heterocycles. The van der Waals surface area contributed by atoms with Crippen molar-refractivity contribution in [3.8, 4) is 0 Å². The van der Waals surface area contributed by atoms with E-state index in [2.05, 4.69) is 18.4 Å². The zero-order valence-corrected chi connectivity index (χ0v) is 12.2. The Bertz CT molecular complexity index is 354. The van der Waals surface area contributed by atoms with Gasteiger partial charge in [0.25, 0.3) is 0 Å². The normalized spacial score (nSPS) is 37.4. The Morgan fingerprint density at radius 1 is 1.28 bits per heavy atom. The molecule has 104 valence electrons. The molecule has 2 heterocycles. The second-order valence-electron chi connectivity index (χ2n) is 6.12.